The molecule has 1 amide bonds. The predicted octanol–water partition coefficient (Wildman–Crippen LogP) is 3.38. The van der Waals surface area contributed by atoms with Gasteiger partial charge in [-0.1, -0.05) is 24.8 Å². The summed E-state index contributed by atoms with van der Waals surface area (Å²) in [6.07, 6.45) is 4.18. The minimum Gasteiger partial charge on any atom is -0.310 e. The molecule has 7 heteroatoms. The fourth-order valence-corrected chi connectivity index (χ4v) is 3.69. The van der Waals surface area contributed by atoms with E-state index in [0.717, 1.165) is 21.7 Å². The number of rotatable bonds is 5. The highest BCUT2D eigenvalue weighted by atomic mass is 32.2. The average Bonchev–Trinajstić information content (AvgIpc) is 2.97. The summed E-state index contributed by atoms with van der Waals surface area (Å²) in [5.74, 6) is 0.756. The minimum absolute atomic E-state index is 0.0959. The molecule has 0 radical (unpaired) electrons. The third kappa shape index (κ3) is 3.42. The van der Waals surface area contributed by atoms with Crippen molar-refractivity contribution in [2.45, 2.75) is 18.4 Å². The molecule has 3 aromatic rings. The molecule has 0 aliphatic rings. The number of aryl methyl sites for hydroxylation is 1. The van der Waals surface area contributed by atoms with Crippen LogP contribution in [0.5, 0.6) is 0 Å². The number of thiophene rings is 1. The molecule has 22 heavy (non-hydrogen) atoms. The van der Waals surface area contributed by atoms with E-state index in [2.05, 4.69) is 33.3 Å². The van der Waals surface area contributed by atoms with Gasteiger partial charge in [-0.05, 0) is 24.6 Å². The van der Waals surface area contributed by atoms with E-state index in [0.29, 0.717) is 11.6 Å². The number of hydrogen-bond acceptors (Lipinski definition) is 6. The molecule has 0 saturated heterocycles. The summed E-state index contributed by atoms with van der Waals surface area (Å²) in [6.45, 7) is 2.12. The van der Waals surface area contributed by atoms with E-state index in [1.807, 2.05) is 12.1 Å². The van der Waals surface area contributed by atoms with E-state index >= 15 is 0 Å². The number of thioether (sulfide) groups is 1. The van der Waals surface area contributed by atoms with Gasteiger partial charge in [-0.2, -0.15) is 0 Å². The van der Waals surface area contributed by atoms with Crippen LogP contribution in [0.1, 0.15) is 11.8 Å². The number of carbonyl (C=O) groups excluding carboxylic acids is 1. The molecule has 5 nitrogen and oxygen atoms in total. The lowest BCUT2D eigenvalue weighted by Crippen LogP contribution is -2.14. The summed E-state index contributed by atoms with van der Waals surface area (Å²) in [6, 6.07) is 7.52. The SMILES string of the molecule is CCc1cc2c(SCC(=O)Nc3ccccn3)ncnc2s1. The molecule has 0 aromatic carbocycles. The third-order valence-electron chi connectivity index (χ3n) is 2.96. The van der Waals surface area contributed by atoms with E-state index in [9.17, 15) is 4.79 Å². The normalized spacial score (nSPS) is 10.8. The van der Waals surface area contributed by atoms with Gasteiger partial charge in [-0.15, -0.1) is 11.3 Å². The van der Waals surface area contributed by atoms with Crippen molar-refractivity contribution in [1.82, 2.24) is 15.0 Å². The first-order valence-electron chi connectivity index (χ1n) is 6.83. The monoisotopic (exact) mass is 330 g/mol. The summed E-state index contributed by atoms with van der Waals surface area (Å²) in [7, 11) is 0. The Morgan fingerprint density at radius 2 is 2.23 bits per heavy atom. The van der Waals surface area contributed by atoms with E-state index in [1.165, 1.54) is 16.6 Å². The average molecular weight is 330 g/mol. The van der Waals surface area contributed by atoms with Crippen molar-refractivity contribution >= 4 is 45.0 Å². The number of nitrogens with zero attached hydrogens (tertiary/aromatic N) is 3. The number of carbonyl (C=O) groups is 1. The fraction of sp³-hybridized carbons (Fsp3) is 0.200. The highest BCUT2D eigenvalue weighted by Gasteiger charge is 2.11. The molecule has 0 aliphatic heterocycles. The lowest BCUT2D eigenvalue weighted by atomic mass is 10.3. The van der Waals surface area contributed by atoms with Crippen LogP contribution < -0.4 is 5.32 Å². The van der Waals surface area contributed by atoms with Crippen LogP contribution in [-0.4, -0.2) is 26.6 Å². The van der Waals surface area contributed by atoms with Gasteiger partial charge < -0.3 is 5.32 Å². The van der Waals surface area contributed by atoms with Crippen LogP contribution in [0.15, 0.2) is 41.8 Å². The third-order valence-corrected chi connectivity index (χ3v) is 5.16. The molecule has 0 fully saturated rings. The minimum atomic E-state index is -0.0959. The van der Waals surface area contributed by atoms with Crippen LogP contribution in [0.2, 0.25) is 0 Å². The van der Waals surface area contributed by atoms with Crippen molar-refractivity contribution in [3.05, 3.63) is 41.7 Å². The number of anilines is 1. The summed E-state index contributed by atoms with van der Waals surface area (Å²) in [5, 5.41) is 4.64. The molecule has 3 rings (SSSR count). The first-order chi connectivity index (χ1) is 10.8. The Hall–Kier alpha value is -1.99. The van der Waals surface area contributed by atoms with Gasteiger partial charge in [-0.25, -0.2) is 15.0 Å². The Labute approximate surface area is 136 Å². The molecule has 3 heterocycles. The lowest BCUT2D eigenvalue weighted by Gasteiger charge is -2.04. The summed E-state index contributed by atoms with van der Waals surface area (Å²) in [5.41, 5.74) is 0. The number of amides is 1. The lowest BCUT2D eigenvalue weighted by molar-refractivity contribution is -0.113. The number of aromatic nitrogens is 3. The second-order valence-electron chi connectivity index (χ2n) is 4.52. The maximum Gasteiger partial charge on any atom is 0.235 e. The first-order valence-corrected chi connectivity index (χ1v) is 8.63. The summed E-state index contributed by atoms with van der Waals surface area (Å²) in [4.78, 5) is 26.9. The van der Waals surface area contributed by atoms with Crippen LogP contribution in [0.3, 0.4) is 0 Å². The maximum absolute atomic E-state index is 12.0. The summed E-state index contributed by atoms with van der Waals surface area (Å²) >= 11 is 3.09. The standard InChI is InChI=1S/C15H14N4OS2/c1-2-10-7-11-14(17-9-18-15(11)22-10)21-8-13(20)19-12-5-3-4-6-16-12/h3-7,9H,2,8H2,1H3,(H,16,19,20). The molecule has 0 saturated carbocycles. The van der Waals surface area contributed by atoms with Crippen molar-refractivity contribution in [2.75, 3.05) is 11.1 Å². The van der Waals surface area contributed by atoms with Crippen LogP contribution in [0.25, 0.3) is 10.2 Å². The van der Waals surface area contributed by atoms with E-state index in [4.69, 9.17) is 0 Å². The molecule has 0 aliphatic carbocycles. The molecule has 112 valence electrons. The zero-order chi connectivity index (χ0) is 15.4. The molecule has 1 N–H and O–H groups in total. The number of fused-ring (bicyclic) bond motifs is 1. The topological polar surface area (TPSA) is 67.8 Å². The Bertz CT molecular complexity index is 789. The van der Waals surface area contributed by atoms with Gasteiger partial charge in [0, 0.05) is 16.5 Å². The van der Waals surface area contributed by atoms with Crippen molar-refractivity contribution in [2.24, 2.45) is 0 Å². The fourth-order valence-electron chi connectivity index (χ4n) is 1.92. The zero-order valence-electron chi connectivity index (χ0n) is 11.9. The Morgan fingerprint density at radius 3 is 3.00 bits per heavy atom. The van der Waals surface area contributed by atoms with Gasteiger partial charge >= 0.3 is 0 Å². The quantitative estimate of drug-likeness (QED) is 0.574. The largest absolute Gasteiger partial charge is 0.310 e. The van der Waals surface area contributed by atoms with E-state index in [1.54, 1.807) is 29.9 Å². The van der Waals surface area contributed by atoms with E-state index in [-0.39, 0.29) is 5.91 Å². The number of pyridine rings is 1. The smallest absolute Gasteiger partial charge is 0.235 e. The van der Waals surface area contributed by atoms with Crippen LogP contribution in [-0.2, 0) is 11.2 Å². The number of nitrogens with one attached hydrogen (secondary N) is 1. The molecule has 0 unspecified atom stereocenters. The highest BCUT2D eigenvalue weighted by Crippen LogP contribution is 2.30. The Morgan fingerprint density at radius 1 is 1.32 bits per heavy atom. The van der Waals surface area contributed by atoms with Gasteiger partial charge in [0.05, 0.1) is 5.75 Å². The van der Waals surface area contributed by atoms with Crippen LogP contribution in [0, 0.1) is 0 Å². The van der Waals surface area contributed by atoms with Crippen molar-refractivity contribution in [3.63, 3.8) is 0 Å². The Kier molecular flexibility index (Phi) is 4.65. The van der Waals surface area contributed by atoms with Crippen molar-refractivity contribution in [1.29, 1.82) is 0 Å². The second kappa shape index (κ2) is 6.85. The highest BCUT2D eigenvalue weighted by molar-refractivity contribution is 8.00. The molecular weight excluding hydrogens is 316 g/mol. The summed E-state index contributed by atoms with van der Waals surface area (Å²) < 4.78 is 0. The van der Waals surface area contributed by atoms with Gasteiger partial charge in [0.15, 0.2) is 0 Å². The van der Waals surface area contributed by atoms with Gasteiger partial charge in [-0.3, -0.25) is 4.79 Å². The second-order valence-corrected chi connectivity index (χ2v) is 6.59. The molecule has 0 spiro atoms. The van der Waals surface area contributed by atoms with Gasteiger partial charge in [0.1, 0.15) is 22.0 Å². The Balaban J connectivity index is 1.68. The molecule has 3 aromatic heterocycles. The van der Waals surface area contributed by atoms with E-state index < -0.39 is 0 Å². The zero-order valence-corrected chi connectivity index (χ0v) is 13.6. The predicted molar refractivity (Wildman–Crippen MR) is 90.4 cm³/mol. The van der Waals surface area contributed by atoms with Crippen LogP contribution >= 0.6 is 23.1 Å². The molecule has 0 bridgehead atoms. The van der Waals surface area contributed by atoms with Gasteiger partial charge in [0.2, 0.25) is 5.91 Å². The maximum atomic E-state index is 12.0. The number of hydrogen-bond donors (Lipinski definition) is 1. The van der Waals surface area contributed by atoms with Crippen molar-refractivity contribution < 1.29 is 4.79 Å². The molecular formula is C15H14N4OS2. The van der Waals surface area contributed by atoms with Crippen molar-refractivity contribution in [3.8, 4) is 0 Å². The first kappa shape index (κ1) is 14.9. The van der Waals surface area contributed by atoms with Gasteiger partial charge in [0.25, 0.3) is 0 Å². The molecule has 0 atom stereocenters. The van der Waals surface area contributed by atoms with Crippen LogP contribution in [0.4, 0.5) is 5.82 Å².